The average molecular weight is 390 g/mol. The second-order valence-corrected chi connectivity index (χ2v) is 7.82. The van der Waals surface area contributed by atoms with Crippen LogP contribution in [0.25, 0.3) is 11.5 Å². The van der Waals surface area contributed by atoms with Crippen LogP contribution in [0.3, 0.4) is 0 Å². The molecule has 0 aromatic carbocycles. The smallest absolute Gasteiger partial charge is 0.305 e. The van der Waals surface area contributed by atoms with E-state index in [1.807, 2.05) is 0 Å². The molecule has 1 unspecified atom stereocenters. The third-order valence-corrected chi connectivity index (χ3v) is 6.27. The van der Waals surface area contributed by atoms with Crippen LogP contribution in [-0.2, 0) is 28.9 Å². The van der Waals surface area contributed by atoms with Crippen LogP contribution in [0.15, 0.2) is 6.20 Å². The Kier molecular flexibility index (Phi) is 3.69. The summed E-state index contributed by atoms with van der Waals surface area (Å²) in [5.41, 5.74) is 0.856. The van der Waals surface area contributed by atoms with Gasteiger partial charge in [0.15, 0.2) is 5.82 Å². The molecule has 2 aromatic heterocycles. The van der Waals surface area contributed by atoms with Gasteiger partial charge in [-0.1, -0.05) is 5.21 Å². The summed E-state index contributed by atoms with van der Waals surface area (Å²) in [6.07, 6.45) is 1.92. The SMILES string of the molecule is COC(=O)CC1[C@H]2CN(c3nc(-c4cnnn4C)nc4c3CCC4(F)F)C[C@@H]12. The quantitative estimate of drug-likeness (QED) is 0.732. The summed E-state index contributed by atoms with van der Waals surface area (Å²) in [7, 11) is 3.07. The second kappa shape index (κ2) is 5.92. The monoisotopic (exact) mass is 390 g/mol. The van der Waals surface area contributed by atoms with Crippen molar-refractivity contribution in [3.8, 4) is 11.5 Å². The molecule has 3 heterocycles. The Hall–Kier alpha value is -2.65. The van der Waals surface area contributed by atoms with Crippen LogP contribution in [0.5, 0.6) is 0 Å². The van der Waals surface area contributed by atoms with Crippen molar-refractivity contribution in [2.75, 3.05) is 25.1 Å². The number of alkyl halides is 2. The number of halogens is 2. The van der Waals surface area contributed by atoms with Crippen molar-refractivity contribution in [2.45, 2.75) is 25.2 Å². The van der Waals surface area contributed by atoms with Gasteiger partial charge >= 0.3 is 5.97 Å². The van der Waals surface area contributed by atoms with E-state index in [2.05, 4.69) is 25.2 Å². The molecular weight excluding hydrogens is 370 g/mol. The van der Waals surface area contributed by atoms with Crippen molar-refractivity contribution in [1.29, 1.82) is 0 Å². The molecule has 148 valence electrons. The number of carbonyl (C=O) groups is 1. The molecule has 5 rings (SSSR count). The first-order valence-corrected chi connectivity index (χ1v) is 9.35. The van der Waals surface area contributed by atoms with Gasteiger partial charge in [-0.05, 0) is 24.2 Å². The van der Waals surface area contributed by atoms with Gasteiger partial charge in [0.25, 0.3) is 5.92 Å². The molecule has 2 aliphatic carbocycles. The Balaban J connectivity index is 1.47. The van der Waals surface area contributed by atoms with E-state index in [-0.39, 0.29) is 30.3 Å². The summed E-state index contributed by atoms with van der Waals surface area (Å²) < 4.78 is 35.2. The topological polar surface area (TPSA) is 86.0 Å². The number of hydrogen-bond acceptors (Lipinski definition) is 7. The van der Waals surface area contributed by atoms with Crippen molar-refractivity contribution in [1.82, 2.24) is 25.0 Å². The Bertz CT molecular complexity index is 950. The summed E-state index contributed by atoms with van der Waals surface area (Å²) in [6, 6.07) is 0. The zero-order valence-corrected chi connectivity index (χ0v) is 15.6. The zero-order chi connectivity index (χ0) is 19.6. The number of ether oxygens (including phenoxy) is 1. The highest BCUT2D eigenvalue weighted by molar-refractivity contribution is 5.70. The van der Waals surface area contributed by atoms with Crippen molar-refractivity contribution in [2.24, 2.45) is 24.8 Å². The van der Waals surface area contributed by atoms with Gasteiger partial charge in [0.05, 0.1) is 13.3 Å². The lowest BCUT2D eigenvalue weighted by Gasteiger charge is -2.24. The third-order valence-electron chi connectivity index (χ3n) is 6.27. The first-order valence-electron chi connectivity index (χ1n) is 9.35. The third kappa shape index (κ3) is 2.57. The lowest BCUT2D eigenvalue weighted by Crippen LogP contribution is -2.27. The molecule has 2 fully saturated rings. The van der Waals surface area contributed by atoms with Gasteiger partial charge in [0, 0.05) is 38.5 Å². The number of anilines is 1. The average Bonchev–Trinajstić information content (AvgIpc) is 3.09. The number of hydrogen-bond donors (Lipinski definition) is 0. The van der Waals surface area contributed by atoms with Gasteiger partial charge in [0.1, 0.15) is 17.2 Å². The van der Waals surface area contributed by atoms with E-state index in [0.717, 1.165) is 0 Å². The molecule has 0 amide bonds. The van der Waals surface area contributed by atoms with Gasteiger partial charge < -0.3 is 9.64 Å². The summed E-state index contributed by atoms with van der Waals surface area (Å²) in [6.45, 7) is 1.43. The van der Waals surface area contributed by atoms with E-state index in [0.29, 0.717) is 54.3 Å². The molecule has 2 aromatic rings. The molecule has 10 heteroatoms. The van der Waals surface area contributed by atoms with E-state index >= 15 is 0 Å². The van der Waals surface area contributed by atoms with E-state index in [1.54, 1.807) is 7.05 Å². The molecule has 3 atom stereocenters. The van der Waals surface area contributed by atoms with Crippen LogP contribution in [0, 0.1) is 17.8 Å². The normalized spacial score (nSPS) is 26.9. The van der Waals surface area contributed by atoms with E-state index in [4.69, 9.17) is 4.74 Å². The fourth-order valence-corrected chi connectivity index (χ4v) is 4.67. The maximum Gasteiger partial charge on any atom is 0.305 e. The number of rotatable bonds is 4. The highest BCUT2D eigenvalue weighted by atomic mass is 19.3. The number of nitrogens with zero attached hydrogens (tertiary/aromatic N) is 6. The van der Waals surface area contributed by atoms with E-state index < -0.39 is 5.92 Å². The Labute approximate surface area is 159 Å². The van der Waals surface area contributed by atoms with Crippen LogP contribution in [0.4, 0.5) is 14.6 Å². The van der Waals surface area contributed by atoms with Crippen LogP contribution >= 0.6 is 0 Å². The number of aryl methyl sites for hydroxylation is 1. The standard InChI is InChI=1S/C18H20F2N6O2/c1-25-13(6-21-24-25)16-22-15-9(3-4-18(15,19)20)17(23-16)26-7-11-10(12(11)8-26)5-14(27)28-2/h6,10-12H,3-5,7-8H2,1-2H3/t10?,11-,12+. The first-order chi connectivity index (χ1) is 13.4. The van der Waals surface area contributed by atoms with Gasteiger partial charge in [-0.2, -0.15) is 8.78 Å². The summed E-state index contributed by atoms with van der Waals surface area (Å²) in [4.78, 5) is 22.4. The molecule has 1 saturated heterocycles. The number of aromatic nitrogens is 5. The molecular formula is C18H20F2N6O2. The Morgan fingerprint density at radius 1 is 1.32 bits per heavy atom. The first kappa shape index (κ1) is 17.4. The number of methoxy groups -OCH3 is 1. The number of carbonyl (C=O) groups excluding carboxylic acids is 1. The van der Waals surface area contributed by atoms with Crippen LogP contribution in [0.2, 0.25) is 0 Å². The van der Waals surface area contributed by atoms with Gasteiger partial charge in [0.2, 0.25) is 0 Å². The molecule has 0 N–H and O–H groups in total. The predicted octanol–water partition coefficient (Wildman–Crippen LogP) is 1.56. The van der Waals surface area contributed by atoms with Crippen molar-refractivity contribution >= 4 is 11.8 Å². The molecule has 0 spiro atoms. The molecule has 0 radical (unpaired) electrons. The fraction of sp³-hybridized carbons (Fsp3) is 0.611. The molecule has 3 aliphatic rings. The highest BCUT2D eigenvalue weighted by Crippen LogP contribution is 2.55. The summed E-state index contributed by atoms with van der Waals surface area (Å²) in [5.74, 6) is -1.26. The van der Waals surface area contributed by atoms with Gasteiger partial charge in [-0.3, -0.25) is 4.79 Å². The molecule has 8 nitrogen and oxygen atoms in total. The number of fused-ring (bicyclic) bond motifs is 2. The summed E-state index contributed by atoms with van der Waals surface area (Å²) >= 11 is 0. The fourth-order valence-electron chi connectivity index (χ4n) is 4.67. The maximum absolute atomic E-state index is 14.5. The van der Waals surface area contributed by atoms with Crippen LogP contribution < -0.4 is 4.90 Å². The van der Waals surface area contributed by atoms with Crippen molar-refractivity contribution in [3.63, 3.8) is 0 Å². The number of esters is 1. The van der Waals surface area contributed by atoms with Crippen molar-refractivity contribution < 1.29 is 18.3 Å². The Morgan fingerprint density at radius 3 is 2.71 bits per heavy atom. The van der Waals surface area contributed by atoms with Crippen LogP contribution in [0.1, 0.15) is 24.1 Å². The highest BCUT2D eigenvalue weighted by Gasteiger charge is 2.57. The number of piperidine rings is 1. The lowest BCUT2D eigenvalue weighted by atomic mass is 10.1. The minimum absolute atomic E-state index is 0.180. The molecule has 28 heavy (non-hydrogen) atoms. The largest absolute Gasteiger partial charge is 0.469 e. The molecule has 0 bridgehead atoms. The maximum atomic E-state index is 14.5. The minimum Gasteiger partial charge on any atom is -0.469 e. The van der Waals surface area contributed by atoms with E-state index in [1.165, 1.54) is 18.0 Å². The van der Waals surface area contributed by atoms with Crippen molar-refractivity contribution in [3.05, 3.63) is 17.5 Å². The molecule has 1 saturated carbocycles. The van der Waals surface area contributed by atoms with Gasteiger partial charge in [-0.15, -0.1) is 5.10 Å². The Morgan fingerprint density at radius 2 is 2.07 bits per heavy atom. The zero-order valence-electron chi connectivity index (χ0n) is 15.6. The van der Waals surface area contributed by atoms with Crippen LogP contribution in [-0.4, -0.2) is 51.1 Å². The summed E-state index contributed by atoms with van der Waals surface area (Å²) in [5, 5.41) is 7.66. The lowest BCUT2D eigenvalue weighted by molar-refractivity contribution is -0.141. The molecule has 1 aliphatic heterocycles. The van der Waals surface area contributed by atoms with E-state index in [9.17, 15) is 13.6 Å². The second-order valence-electron chi connectivity index (χ2n) is 7.82. The minimum atomic E-state index is -2.95. The van der Waals surface area contributed by atoms with Gasteiger partial charge in [-0.25, -0.2) is 14.6 Å². The predicted molar refractivity (Wildman–Crippen MR) is 93.6 cm³/mol.